The van der Waals surface area contributed by atoms with Crippen LogP contribution in [0.2, 0.25) is 0 Å². The molecule has 4 unspecified atom stereocenters. The number of carbonyl (C=O) groups is 5. The number of guanidine groups is 1. The maximum atomic E-state index is 12.9. The van der Waals surface area contributed by atoms with Gasteiger partial charge in [0, 0.05) is 6.54 Å². The predicted octanol–water partition coefficient (Wildman–Crippen LogP) is -4.07. The third kappa shape index (κ3) is 13.2. The van der Waals surface area contributed by atoms with E-state index < -0.39 is 60.2 Å². The normalized spacial score (nSPS) is 14.1. The van der Waals surface area contributed by atoms with Gasteiger partial charge < -0.3 is 49.7 Å². The van der Waals surface area contributed by atoms with Crippen LogP contribution in [0, 0.1) is 0 Å². The molecule has 0 aliphatic carbocycles. The molecule has 34 heavy (non-hydrogen) atoms. The molecule has 0 aromatic rings. The third-order valence-electron chi connectivity index (χ3n) is 4.59. The number of nitrogens with zero attached hydrogens (tertiary/aromatic N) is 1. The number of hydrogen-bond donors (Lipinski definition) is 9. The Balaban J connectivity index is 5.55. The molecule has 14 N–H and O–H groups in total. The molecule has 0 radical (unpaired) electrons. The minimum absolute atomic E-state index is 0.0357. The molecular formula is C19H37N9O6. The molecule has 15 heteroatoms. The molecule has 15 nitrogen and oxygen atoms in total. The van der Waals surface area contributed by atoms with Gasteiger partial charge in [-0.05, 0) is 45.6 Å². The van der Waals surface area contributed by atoms with Gasteiger partial charge >= 0.3 is 5.97 Å². The molecule has 0 aromatic carbocycles. The molecule has 0 saturated carbocycles. The molecule has 0 heterocycles. The summed E-state index contributed by atoms with van der Waals surface area (Å²) in [6, 6.07) is -4.66. The van der Waals surface area contributed by atoms with Crippen LogP contribution in [0.25, 0.3) is 0 Å². The van der Waals surface area contributed by atoms with E-state index in [4.69, 9.17) is 28.7 Å². The van der Waals surface area contributed by atoms with Gasteiger partial charge in [-0.25, -0.2) is 4.79 Å². The fourth-order valence-electron chi connectivity index (χ4n) is 2.78. The number of unbranched alkanes of at least 4 members (excludes halogenated alkanes) is 1. The average molecular weight is 488 g/mol. The quantitative estimate of drug-likeness (QED) is 0.0543. The summed E-state index contributed by atoms with van der Waals surface area (Å²) in [7, 11) is 0. The molecule has 4 amide bonds. The molecule has 0 rings (SSSR count). The van der Waals surface area contributed by atoms with Gasteiger partial charge in [-0.1, -0.05) is 0 Å². The number of carboxylic acid groups (broad SMARTS) is 1. The van der Waals surface area contributed by atoms with Gasteiger partial charge in [0.05, 0.1) is 12.5 Å². The van der Waals surface area contributed by atoms with E-state index in [1.54, 1.807) is 0 Å². The lowest BCUT2D eigenvalue weighted by atomic mass is 10.1. The Morgan fingerprint density at radius 3 is 1.76 bits per heavy atom. The van der Waals surface area contributed by atoms with Crippen molar-refractivity contribution in [3.8, 4) is 0 Å². The fraction of sp³-hybridized carbons (Fsp3) is 0.684. The largest absolute Gasteiger partial charge is 0.480 e. The topological polar surface area (TPSA) is 284 Å². The Kier molecular flexibility index (Phi) is 14.6. The Hall–Kier alpha value is -3.46. The molecule has 0 aliphatic heterocycles. The van der Waals surface area contributed by atoms with Crippen molar-refractivity contribution in [2.24, 2.45) is 33.7 Å². The zero-order valence-corrected chi connectivity index (χ0v) is 19.3. The monoisotopic (exact) mass is 487 g/mol. The Labute approximate surface area is 197 Å². The summed E-state index contributed by atoms with van der Waals surface area (Å²) in [5.41, 5.74) is 26.6. The van der Waals surface area contributed by atoms with Gasteiger partial charge in [-0.3, -0.25) is 24.2 Å². The molecule has 0 spiro atoms. The summed E-state index contributed by atoms with van der Waals surface area (Å²) in [6.45, 7) is 1.99. The minimum Gasteiger partial charge on any atom is -0.480 e. The Morgan fingerprint density at radius 2 is 1.32 bits per heavy atom. The molecule has 4 atom stereocenters. The van der Waals surface area contributed by atoms with E-state index in [1.165, 1.54) is 6.92 Å². The lowest BCUT2D eigenvalue weighted by Crippen LogP contribution is -2.57. The zero-order chi connectivity index (χ0) is 26.3. The number of amides is 4. The molecule has 0 saturated heterocycles. The van der Waals surface area contributed by atoms with E-state index in [-0.39, 0.29) is 31.8 Å². The zero-order valence-electron chi connectivity index (χ0n) is 19.3. The second-order valence-corrected chi connectivity index (χ2v) is 7.71. The number of nitrogens with one attached hydrogen (secondary N) is 3. The first-order valence-corrected chi connectivity index (χ1v) is 10.8. The van der Waals surface area contributed by atoms with Gasteiger partial charge in [0.15, 0.2) is 5.96 Å². The summed E-state index contributed by atoms with van der Waals surface area (Å²) in [5, 5.41) is 16.5. The van der Waals surface area contributed by atoms with Gasteiger partial charge in [0.25, 0.3) is 0 Å². The second kappa shape index (κ2) is 16.2. The fourth-order valence-corrected chi connectivity index (χ4v) is 2.78. The number of carbonyl (C=O) groups excluding carboxylic acids is 4. The predicted molar refractivity (Wildman–Crippen MR) is 124 cm³/mol. The molecule has 0 aliphatic rings. The van der Waals surface area contributed by atoms with E-state index in [0.29, 0.717) is 19.4 Å². The van der Waals surface area contributed by atoms with Crippen LogP contribution in [0.3, 0.4) is 0 Å². The van der Waals surface area contributed by atoms with E-state index in [9.17, 15) is 29.1 Å². The maximum absolute atomic E-state index is 12.9. The highest BCUT2D eigenvalue weighted by molar-refractivity contribution is 5.94. The summed E-state index contributed by atoms with van der Waals surface area (Å²) in [6.07, 6.45) is 1.02. The van der Waals surface area contributed by atoms with Crippen molar-refractivity contribution < 1.29 is 29.1 Å². The van der Waals surface area contributed by atoms with E-state index in [1.807, 2.05) is 0 Å². The molecular weight excluding hydrogens is 450 g/mol. The van der Waals surface area contributed by atoms with Crippen LogP contribution in [0.5, 0.6) is 0 Å². The van der Waals surface area contributed by atoms with E-state index >= 15 is 0 Å². The number of aliphatic carboxylic acids is 1. The smallest absolute Gasteiger partial charge is 0.326 e. The lowest BCUT2D eigenvalue weighted by molar-refractivity contribution is -0.143. The number of nitrogens with two attached hydrogens (primary N) is 5. The summed E-state index contributed by atoms with van der Waals surface area (Å²) < 4.78 is 0. The first-order chi connectivity index (χ1) is 15.9. The van der Waals surface area contributed by atoms with E-state index in [0.717, 1.165) is 0 Å². The van der Waals surface area contributed by atoms with Crippen LogP contribution in [0.15, 0.2) is 4.99 Å². The third-order valence-corrected chi connectivity index (χ3v) is 4.59. The summed E-state index contributed by atoms with van der Waals surface area (Å²) in [5.74, 6) is -4.65. The number of primary amides is 1. The number of aliphatic imine (C=N–C) groups is 1. The molecule has 194 valence electrons. The highest BCUT2D eigenvalue weighted by atomic mass is 16.4. The minimum atomic E-state index is -1.58. The number of hydrogen-bond acceptors (Lipinski definition) is 8. The van der Waals surface area contributed by atoms with Crippen molar-refractivity contribution in [1.82, 2.24) is 16.0 Å². The highest BCUT2D eigenvalue weighted by Gasteiger charge is 2.30. The highest BCUT2D eigenvalue weighted by Crippen LogP contribution is 2.06. The van der Waals surface area contributed by atoms with E-state index in [2.05, 4.69) is 20.9 Å². The molecule has 0 aromatic heterocycles. The van der Waals surface area contributed by atoms with Gasteiger partial charge in [-0.2, -0.15) is 0 Å². The maximum Gasteiger partial charge on any atom is 0.326 e. The molecule has 0 bridgehead atoms. The van der Waals surface area contributed by atoms with Crippen LogP contribution < -0.4 is 44.6 Å². The van der Waals surface area contributed by atoms with Crippen LogP contribution in [0.4, 0.5) is 0 Å². The number of rotatable bonds is 17. The van der Waals surface area contributed by atoms with Gasteiger partial charge in [0.1, 0.15) is 18.1 Å². The van der Waals surface area contributed by atoms with Gasteiger partial charge in [-0.15, -0.1) is 0 Å². The lowest BCUT2D eigenvalue weighted by Gasteiger charge is -2.24. The Bertz CT molecular complexity index is 740. The standard InChI is InChI=1S/C19H37N9O6/c1-10(21)15(30)26-11(5-2-3-7-20)16(31)27-12(6-4-8-25-19(23)24)17(32)28-13(18(33)34)9-14(22)29/h10-13H,2-9,20-21H2,1H3,(H2,22,29)(H,26,30)(H,27,31)(H,28,32)(H,33,34)(H4,23,24,25). The first-order valence-electron chi connectivity index (χ1n) is 10.8. The average Bonchev–Trinajstić information content (AvgIpc) is 2.73. The van der Waals surface area contributed by atoms with Crippen molar-refractivity contribution in [2.45, 2.75) is 69.6 Å². The second-order valence-electron chi connectivity index (χ2n) is 7.71. The first kappa shape index (κ1) is 30.5. The van der Waals surface area contributed by atoms with Crippen LogP contribution in [-0.4, -0.2) is 77.9 Å². The molecule has 0 fully saturated rings. The van der Waals surface area contributed by atoms with Crippen LogP contribution >= 0.6 is 0 Å². The number of carboxylic acids is 1. The van der Waals surface area contributed by atoms with Crippen LogP contribution in [0.1, 0.15) is 45.4 Å². The summed E-state index contributed by atoms with van der Waals surface area (Å²) >= 11 is 0. The van der Waals surface area contributed by atoms with Crippen molar-refractivity contribution in [1.29, 1.82) is 0 Å². The summed E-state index contributed by atoms with van der Waals surface area (Å²) in [4.78, 5) is 64.0. The Morgan fingerprint density at radius 1 is 0.824 bits per heavy atom. The van der Waals surface area contributed by atoms with Crippen molar-refractivity contribution in [3.05, 3.63) is 0 Å². The van der Waals surface area contributed by atoms with Crippen molar-refractivity contribution in [2.75, 3.05) is 13.1 Å². The van der Waals surface area contributed by atoms with Crippen molar-refractivity contribution in [3.63, 3.8) is 0 Å². The SMILES string of the molecule is CC(N)C(=O)NC(CCCCN)C(=O)NC(CCCN=C(N)N)C(=O)NC(CC(N)=O)C(=O)O. The van der Waals surface area contributed by atoms with Crippen molar-refractivity contribution >= 4 is 35.6 Å². The van der Waals surface area contributed by atoms with Gasteiger partial charge in [0.2, 0.25) is 23.6 Å². The van der Waals surface area contributed by atoms with Crippen LogP contribution in [-0.2, 0) is 24.0 Å².